The van der Waals surface area contributed by atoms with Gasteiger partial charge in [0.15, 0.2) is 0 Å². The SMILES string of the molecule is Cc1oc2ccccc2c1C(O)Cc1cccs1. The number of fused-ring (bicyclic) bond motifs is 1. The van der Waals surface area contributed by atoms with Crippen molar-refractivity contribution in [3.63, 3.8) is 0 Å². The van der Waals surface area contributed by atoms with Crippen molar-refractivity contribution in [2.24, 2.45) is 0 Å². The summed E-state index contributed by atoms with van der Waals surface area (Å²) < 4.78 is 5.68. The van der Waals surface area contributed by atoms with Crippen LogP contribution in [0.4, 0.5) is 0 Å². The van der Waals surface area contributed by atoms with E-state index < -0.39 is 6.10 Å². The van der Waals surface area contributed by atoms with Gasteiger partial charge in [0.1, 0.15) is 11.3 Å². The summed E-state index contributed by atoms with van der Waals surface area (Å²) in [6.07, 6.45) is 0.134. The molecule has 0 aliphatic heterocycles. The van der Waals surface area contributed by atoms with E-state index in [0.717, 1.165) is 22.3 Å². The highest BCUT2D eigenvalue weighted by molar-refractivity contribution is 7.09. The van der Waals surface area contributed by atoms with E-state index in [-0.39, 0.29) is 0 Å². The molecule has 0 saturated heterocycles. The van der Waals surface area contributed by atoms with Crippen molar-refractivity contribution in [3.8, 4) is 0 Å². The van der Waals surface area contributed by atoms with Gasteiger partial charge in [-0.3, -0.25) is 0 Å². The lowest BCUT2D eigenvalue weighted by molar-refractivity contribution is 0.178. The van der Waals surface area contributed by atoms with Gasteiger partial charge >= 0.3 is 0 Å². The van der Waals surface area contributed by atoms with Gasteiger partial charge in [-0.1, -0.05) is 24.3 Å². The number of furan rings is 1. The Morgan fingerprint density at radius 1 is 1.22 bits per heavy atom. The molecule has 0 radical (unpaired) electrons. The van der Waals surface area contributed by atoms with E-state index in [1.807, 2.05) is 48.7 Å². The third-order valence-electron chi connectivity index (χ3n) is 3.13. The first-order valence-corrected chi connectivity index (χ1v) is 6.82. The highest BCUT2D eigenvalue weighted by Gasteiger charge is 2.18. The minimum Gasteiger partial charge on any atom is -0.461 e. The maximum atomic E-state index is 10.4. The van der Waals surface area contributed by atoms with Gasteiger partial charge in [0.25, 0.3) is 0 Å². The molecule has 0 aliphatic carbocycles. The van der Waals surface area contributed by atoms with Crippen molar-refractivity contribution in [2.75, 3.05) is 0 Å². The predicted molar refractivity (Wildman–Crippen MR) is 73.9 cm³/mol. The Balaban J connectivity index is 2.00. The van der Waals surface area contributed by atoms with Gasteiger partial charge in [0, 0.05) is 22.2 Å². The number of aliphatic hydroxyl groups is 1. The standard InChI is InChI=1S/C15H14O2S/c1-10-15(12-6-2-3-7-14(12)17-10)13(16)9-11-5-4-8-18-11/h2-8,13,16H,9H2,1H3. The lowest BCUT2D eigenvalue weighted by Crippen LogP contribution is -2.01. The Hall–Kier alpha value is -1.58. The Bertz CT molecular complexity index is 652. The normalized spacial score (nSPS) is 13.0. The van der Waals surface area contributed by atoms with Gasteiger partial charge in [-0.2, -0.15) is 0 Å². The third-order valence-corrected chi connectivity index (χ3v) is 4.03. The fraction of sp³-hybridized carbons (Fsp3) is 0.200. The quantitative estimate of drug-likeness (QED) is 0.768. The third kappa shape index (κ3) is 1.96. The molecular formula is C15H14O2S. The van der Waals surface area contributed by atoms with Crippen LogP contribution >= 0.6 is 11.3 Å². The first-order chi connectivity index (χ1) is 8.75. The Morgan fingerprint density at radius 3 is 2.83 bits per heavy atom. The van der Waals surface area contributed by atoms with Gasteiger partial charge in [0.2, 0.25) is 0 Å². The van der Waals surface area contributed by atoms with E-state index in [1.165, 1.54) is 4.88 Å². The molecule has 2 nitrogen and oxygen atoms in total. The predicted octanol–water partition coefficient (Wildman–Crippen LogP) is 4.08. The average Bonchev–Trinajstić information content (AvgIpc) is 2.94. The largest absolute Gasteiger partial charge is 0.461 e. The molecule has 1 N–H and O–H groups in total. The van der Waals surface area contributed by atoms with Crippen LogP contribution in [0.1, 0.15) is 22.3 Å². The number of aliphatic hydroxyl groups excluding tert-OH is 1. The average molecular weight is 258 g/mol. The zero-order valence-corrected chi connectivity index (χ0v) is 10.9. The van der Waals surface area contributed by atoms with E-state index in [9.17, 15) is 5.11 Å². The lowest BCUT2D eigenvalue weighted by Gasteiger charge is -2.08. The zero-order chi connectivity index (χ0) is 12.5. The second-order valence-electron chi connectivity index (χ2n) is 4.37. The van der Waals surface area contributed by atoms with E-state index in [1.54, 1.807) is 11.3 Å². The fourth-order valence-corrected chi connectivity index (χ4v) is 3.07. The number of benzene rings is 1. The summed E-state index contributed by atoms with van der Waals surface area (Å²) in [6, 6.07) is 11.9. The van der Waals surface area contributed by atoms with Gasteiger partial charge in [-0.15, -0.1) is 11.3 Å². The summed E-state index contributed by atoms with van der Waals surface area (Å²) in [5, 5.41) is 13.4. The number of hydrogen-bond acceptors (Lipinski definition) is 3. The minimum absolute atomic E-state index is 0.507. The number of para-hydroxylation sites is 1. The number of aryl methyl sites for hydroxylation is 1. The Morgan fingerprint density at radius 2 is 2.06 bits per heavy atom. The molecule has 0 amide bonds. The summed E-state index contributed by atoms with van der Waals surface area (Å²) in [7, 11) is 0. The first kappa shape index (κ1) is 11.5. The van der Waals surface area contributed by atoms with Crippen molar-refractivity contribution >= 4 is 22.3 Å². The zero-order valence-electron chi connectivity index (χ0n) is 10.1. The van der Waals surface area contributed by atoms with E-state index in [4.69, 9.17) is 4.42 Å². The summed E-state index contributed by atoms with van der Waals surface area (Å²) in [4.78, 5) is 1.19. The monoisotopic (exact) mass is 258 g/mol. The number of hydrogen-bond donors (Lipinski definition) is 1. The molecule has 2 heterocycles. The second-order valence-corrected chi connectivity index (χ2v) is 5.40. The summed E-state index contributed by atoms with van der Waals surface area (Å²) >= 11 is 1.67. The lowest BCUT2D eigenvalue weighted by atomic mass is 10.0. The molecule has 0 bridgehead atoms. The molecule has 1 unspecified atom stereocenters. The van der Waals surface area contributed by atoms with Crippen LogP contribution in [-0.2, 0) is 6.42 Å². The van der Waals surface area contributed by atoms with E-state index in [0.29, 0.717) is 6.42 Å². The van der Waals surface area contributed by atoms with Crippen molar-refractivity contribution in [1.82, 2.24) is 0 Å². The summed E-state index contributed by atoms with van der Waals surface area (Å²) in [6.45, 7) is 1.91. The molecule has 0 spiro atoms. The van der Waals surface area contributed by atoms with Crippen LogP contribution in [0.25, 0.3) is 11.0 Å². The molecule has 3 heteroatoms. The van der Waals surface area contributed by atoms with Crippen LogP contribution in [0.2, 0.25) is 0 Å². The molecule has 18 heavy (non-hydrogen) atoms. The van der Waals surface area contributed by atoms with Gasteiger partial charge in [0.05, 0.1) is 6.10 Å². The topological polar surface area (TPSA) is 33.4 Å². The summed E-state index contributed by atoms with van der Waals surface area (Å²) in [5.74, 6) is 0.806. The van der Waals surface area contributed by atoms with Gasteiger partial charge in [-0.05, 0) is 24.4 Å². The highest BCUT2D eigenvalue weighted by atomic mass is 32.1. The number of thiophene rings is 1. The van der Waals surface area contributed by atoms with Crippen LogP contribution in [0, 0.1) is 6.92 Å². The van der Waals surface area contributed by atoms with E-state index >= 15 is 0 Å². The van der Waals surface area contributed by atoms with Crippen LogP contribution in [0.3, 0.4) is 0 Å². The Kier molecular flexibility index (Phi) is 2.94. The molecule has 92 valence electrons. The van der Waals surface area contributed by atoms with Crippen molar-refractivity contribution in [3.05, 3.63) is 58.0 Å². The van der Waals surface area contributed by atoms with Crippen molar-refractivity contribution in [1.29, 1.82) is 0 Å². The van der Waals surface area contributed by atoms with Crippen LogP contribution < -0.4 is 0 Å². The maximum absolute atomic E-state index is 10.4. The molecule has 3 aromatic rings. The number of rotatable bonds is 3. The second kappa shape index (κ2) is 4.59. The van der Waals surface area contributed by atoms with E-state index in [2.05, 4.69) is 0 Å². The Labute approximate surface area is 109 Å². The fourth-order valence-electron chi connectivity index (χ4n) is 2.32. The molecule has 2 aromatic heterocycles. The highest BCUT2D eigenvalue weighted by Crippen LogP contribution is 2.32. The molecule has 0 aliphatic rings. The molecule has 1 atom stereocenters. The minimum atomic E-state index is -0.507. The summed E-state index contributed by atoms with van der Waals surface area (Å²) in [5.41, 5.74) is 1.76. The van der Waals surface area contributed by atoms with Gasteiger partial charge < -0.3 is 9.52 Å². The smallest absolute Gasteiger partial charge is 0.134 e. The van der Waals surface area contributed by atoms with Crippen LogP contribution in [-0.4, -0.2) is 5.11 Å². The maximum Gasteiger partial charge on any atom is 0.134 e. The van der Waals surface area contributed by atoms with Crippen molar-refractivity contribution in [2.45, 2.75) is 19.4 Å². The molecular weight excluding hydrogens is 244 g/mol. The van der Waals surface area contributed by atoms with Crippen molar-refractivity contribution < 1.29 is 9.52 Å². The van der Waals surface area contributed by atoms with Crippen LogP contribution in [0.15, 0.2) is 46.2 Å². The van der Waals surface area contributed by atoms with Gasteiger partial charge in [-0.25, -0.2) is 0 Å². The van der Waals surface area contributed by atoms with Crippen LogP contribution in [0.5, 0.6) is 0 Å². The molecule has 3 rings (SSSR count). The molecule has 0 fully saturated rings. The first-order valence-electron chi connectivity index (χ1n) is 5.94. The molecule has 1 aromatic carbocycles. The molecule has 0 saturated carbocycles.